The van der Waals surface area contributed by atoms with Crippen LogP contribution in [-0.2, 0) is 5.75 Å². The van der Waals surface area contributed by atoms with E-state index in [9.17, 15) is 14.7 Å². The fraction of sp³-hybridized carbons (Fsp3) is 0.158. The molecule has 0 unspecified atom stereocenters. The van der Waals surface area contributed by atoms with Crippen molar-refractivity contribution in [3.63, 3.8) is 0 Å². The number of hydrogen-bond acceptors (Lipinski definition) is 4. The summed E-state index contributed by atoms with van der Waals surface area (Å²) in [6.45, 7) is 0. The van der Waals surface area contributed by atoms with Gasteiger partial charge in [0, 0.05) is 30.1 Å². The number of aromatic carboxylic acids is 1. The molecule has 0 fully saturated rings. The summed E-state index contributed by atoms with van der Waals surface area (Å²) >= 11 is 2.69. The second-order valence-electron chi connectivity index (χ2n) is 5.86. The highest BCUT2D eigenvalue weighted by molar-refractivity contribution is 7.98. The maximum atomic E-state index is 11.8. The predicted molar refractivity (Wildman–Crippen MR) is 107 cm³/mol. The highest BCUT2D eigenvalue weighted by atomic mass is 32.2. The Hall–Kier alpha value is -2.51. The van der Waals surface area contributed by atoms with Crippen LogP contribution in [0.5, 0.6) is 0 Å². The minimum Gasteiger partial charge on any atom is -0.478 e. The largest absolute Gasteiger partial charge is 0.478 e. The van der Waals surface area contributed by atoms with Crippen LogP contribution in [0.15, 0.2) is 52.7 Å². The molecule has 0 radical (unpaired) electrons. The van der Waals surface area contributed by atoms with Gasteiger partial charge in [-0.3, -0.25) is 5.32 Å². The standard InChI is InChI=1S/C19H18N2O3S2/c1-21(2)19(24)20-17-16(18(22)23)15(11-26-17)25-10-13-8-5-7-12-6-3-4-9-14(12)13/h3-9,11H,10H2,1-2H3,(H,20,24)(H,22,23). The summed E-state index contributed by atoms with van der Waals surface area (Å²) in [4.78, 5) is 25.6. The molecule has 0 saturated carbocycles. The summed E-state index contributed by atoms with van der Waals surface area (Å²) < 4.78 is 0. The van der Waals surface area contributed by atoms with E-state index in [0.717, 1.165) is 16.3 Å². The Morgan fingerprint density at radius 1 is 1.15 bits per heavy atom. The van der Waals surface area contributed by atoms with Gasteiger partial charge >= 0.3 is 12.0 Å². The number of carbonyl (C=O) groups is 2. The minimum atomic E-state index is -1.04. The van der Waals surface area contributed by atoms with Crippen LogP contribution in [0.3, 0.4) is 0 Å². The molecule has 134 valence electrons. The lowest BCUT2D eigenvalue weighted by Crippen LogP contribution is -2.27. The number of thioether (sulfide) groups is 1. The average Bonchev–Trinajstić information content (AvgIpc) is 3.02. The van der Waals surface area contributed by atoms with Gasteiger partial charge < -0.3 is 10.0 Å². The van der Waals surface area contributed by atoms with Crippen LogP contribution >= 0.6 is 23.1 Å². The number of amides is 2. The molecule has 1 heterocycles. The first-order chi connectivity index (χ1) is 12.5. The number of carboxylic acids is 1. The Morgan fingerprint density at radius 3 is 2.62 bits per heavy atom. The van der Waals surface area contributed by atoms with Crippen molar-refractivity contribution < 1.29 is 14.7 Å². The van der Waals surface area contributed by atoms with E-state index >= 15 is 0 Å². The third kappa shape index (κ3) is 3.84. The van der Waals surface area contributed by atoms with Crippen molar-refractivity contribution in [1.82, 2.24) is 4.90 Å². The van der Waals surface area contributed by atoms with Crippen LogP contribution in [0.2, 0.25) is 0 Å². The molecule has 0 bridgehead atoms. The van der Waals surface area contributed by atoms with Gasteiger partial charge in [0.05, 0.1) is 0 Å². The quantitative estimate of drug-likeness (QED) is 0.607. The molecule has 2 aromatic carbocycles. The van der Waals surface area contributed by atoms with E-state index in [1.165, 1.54) is 28.0 Å². The van der Waals surface area contributed by atoms with E-state index in [0.29, 0.717) is 15.6 Å². The Balaban J connectivity index is 1.84. The van der Waals surface area contributed by atoms with Crippen molar-refractivity contribution >= 4 is 50.9 Å². The van der Waals surface area contributed by atoms with Gasteiger partial charge in [-0.15, -0.1) is 23.1 Å². The lowest BCUT2D eigenvalue weighted by molar-refractivity contribution is 0.0695. The summed E-state index contributed by atoms with van der Waals surface area (Å²) in [6, 6.07) is 13.9. The van der Waals surface area contributed by atoms with E-state index in [2.05, 4.69) is 29.6 Å². The molecule has 0 saturated heterocycles. The van der Waals surface area contributed by atoms with Crippen LogP contribution in [0, 0.1) is 0 Å². The Kier molecular flexibility index (Phi) is 5.49. The number of urea groups is 1. The van der Waals surface area contributed by atoms with Crippen molar-refractivity contribution in [3.05, 3.63) is 59.0 Å². The van der Waals surface area contributed by atoms with Gasteiger partial charge in [-0.2, -0.15) is 0 Å². The smallest absolute Gasteiger partial charge is 0.339 e. The van der Waals surface area contributed by atoms with Gasteiger partial charge in [-0.05, 0) is 16.3 Å². The van der Waals surface area contributed by atoms with E-state index in [-0.39, 0.29) is 11.6 Å². The number of nitrogens with one attached hydrogen (secondary N) is 1. The Morgan fingerprint density at radius 2 is 1.88 bits per heavy atom. The summed E-state index contributed by atoms with van der Waals surface area (Å²) in [7, 11) is 3.22. The monoisotopic (exact) mass is 386 g/mol. The molecule has 3 aromatic rings. The number of carbonyl (C=O) groups excluding carboxylic acids is 1. The molecule has 0 spiro atoms. The second kappa shape index (κ2) is 7.80. The number of thiophene rings is 1. The third-order valence-corrected chi connectivity index (χ3v) is 5.99. The summed E-state index contributed by atoms with van der Waals surface area (Å²) in [5.41, 5.74) is 1.30. The average molecular weight is 386 g/mol. The van der Waals surface area contributed by atoms with Crippen molar-refractivity contribution in [2.24, 2.45) is 0 Å². The first-order valence-electron chi connectivity index (χ1n) is 7.90. The van der Waals surface area contributed by atoms with E-state index in [1.54, 1.807) is 19.5 Å². The number of benzene rings is 2. The van der Waals surface area contributed by atoms with Gasteiger partial charge in [-0.1, -0.05) is 42.5 Å². The zero-order valence-electron chi connectivity index (χ0n) is 14.4. The molecule has 3 rings (SSSR count). The second-order valence-corrected chi connectivity index (χ2v) is 7.76. The maximum absolute atomic E-state index is 11.8. The van der Waals surface area contributed by atoms with Crippen LogP contribution in [-0.4, -0.2) is 36.1 Å². The molecular formula is C19H18N2O3S2. The number of hydrogen-bond donors (Lipinski definition) is 2. The first kappa shape index (κ1) is 18.3. The van der Waals surface area contributed by atoms with Crippen LogP contribution in [0.4, 0.5) is 9.80 Å². The molecular weight excluding hydrogens is 368 g/mol. The zero-order chi connectivity index (χ0) is 18.7. The molecule has 0 aliphatic rings. The SMILES string of the molecule is CN(C)C(=O)Nc1scc(SCc2cccc3ccccc23)c1C(=O)O. The lowest BCUT2D eigenvalue weighted by atomic mass is 10.1. The van der Waals surface area contributed by atoms with Crippen molar-refractivity contribution in [2.45, 2.75) is 10.6 Å². The summed E-state index contributed by atoms with van der Waals surface area (Å²) in [5, 5.41) is 16.7. The fourth-order valence-electron chi connectivity index (χ4n) is 2.53. The van der Waals surface area contributed by atoms with Gasteiger partial charge in [0.2, 0.25) is 0 Å². The van der Waals surface area contributed by atoms with Crippen LogP contribution in [0.25, 0.3) is 10.8 Å². The van der Waals surface area contributed by atoms with Crippen molar-refractivity contribution in [1.29, 1.82) is 0 Å². The normalized spacial score (nSPS) is 10.7. The lowest BCUT2D eigenvalue weighted by Gasteiger charge is -2.11. The molecule has 26 heavy (non-hydrogen) atoms. The number of carboxylic acid groups (broad SMARTS) is 1. The highest BCUT2D eigenvalue weighted by Crippen LogP contribution is 2.37. The van der Waals surface area contributed by atoms with Crippen LogP contribution < -0.4 is 5.32 Å². The topological polar surface area (TPSA) is 69.6 Å². The molecule has 2 N–H and O–H groups in total. The third-order valence-electron chi connectivity index (χ3n) is 3.86. The first-order valence-corrected chi connectivity index (χ1v) is 9.76. The van der Waals surface area contributed by atoms with Crippen molar-refractivity contribution in [2.75, 3.05) is 19.4 Å². The fourth-order valence-corrected chi connectivity index (χ4v) is 4.71. The summed E-state index contributed by atoms with van der Waals surface area (Å²) in [5.74, 6) is -0.389. The van der Waals surface area contributed by atoms with Gasteiger partial charge in [0.25, 0.3) is 0 Å². The predicted octanol–water partition coefficient (Wildman–Crippen LogP) is 4.99. The zero-order valence-corrected chi connectivity index (χ0v) is 16.0. The number of anilines is 1. The van der Waals surface area contributed by atoms with Gasteiger partial charge in [0.15, 0.2) is 0 Å². The molecule has 2 amide bonds. The summed E-state index contributed by atoms with van der Waals surface area (Å²) in [6.07, 6.45) is 0. The number of rotatable bonds is 5. The van der Waals surface area contributed by atoms with E-state index in [4.69, 9.17) is 0 Å². The molecule has 5 nitrogen and oxygen atoms in total. The molecule has 7 heteroatoms. The van der Waals surface area contributed by atoms with Crippen molar-refractivity contribution in [3.8, 4) is 0 Å². The van der Waals surface area contributed by atoms with E-state index in [1.807, 2.05) is 18.2 Å². The van der Waals surface area contributed by atoms with E-state index < -0.39 is 5.97 Å². The molecule has 0 aliphatic carbocycles. The Labute approximate surface area is 159 Å². The molecule has 0 atom stereocenters. The molecule has 0 aliphatic heterocycles. The van der Waals surface area contributed by atoms with Gasteiger partial charge in [0.1, 0.15) is 10.6 Å². The Bertz CT molecular complexity index is 961. The maximum Gasteiger partial charge on any atom is 0.339 e. The number of fused-ring (bicyclic) bond motifs is 1. The van der Waals surface area contributed by atoms with Gasteiger partial charge in [-0.25, -0.2) is 9.59 Å². The minimum absolute atomic E-state index is 0.149. The molecule has 1 aromatic heterocycles. The number of nitrogens with zero attached hydrogens (tertiary/aromatic N) is 1. The van der Waals surface area contributed by atoms with Crippen LogP contribution in [0.1, 0.15) is 15.9 Å². The highest BCUT2D eigenvalue weighted by Gasteiger charge is 2.21.